The van der Waals surface area contributed by atoms with Crippen molar-refractivity contribution < 1.29 is 28.3 Å². The number of aryl methyl sites for hydroxylation is 1. The fourth-order valence-electron chi connectivity index (χ4n) is 3.11. The second-order valence-electron chi connectivity index (χ2n) is 7.76. The van der Waals surface area contributed by atoms with Gasteiger partial charge in [-0.1, -0.05) is 42.0 Å². The van der Waals surface area contributed by atoms with Crippen LogP contribution in [0.1, 0.15) is 44.9 Å². The summed E-state index contributed by atoms with van der Waals surface area (Å²) in [5.41, 5.74) is 2.70. The van der Waals surface area contributed by atoms with E-state index in [1.807, 2.05) is 31.2 Å². The summed E-state index contributed by atoms with van der Waals surface area (Å²) in [4.78, 5) is 48.5. The van der Waals surface area contributed by atoms with Gasteiger partial charge in [0.25, 0.3) is 17.7 Å². The maximum absolute atomic E-state index is 12.6. The van der Waals surface area contributed by atoms with Gasteiger partial charge < -0.3 is 25.1 Å². The number of para-hydroxylation sites is 1. The number of benzene rings is 2. The molecule has 0 spiro atoms. The number of carbonyl (C=O) groups excluding carboxylic acids is 4. The van der Waals surface area contributed by atoms with E-state index < -0.39 is 18.5 Å². The number of hydrogen-bond acceptors (Lipinski definition) is 6. The molecule has 0 radical (unpaired) electrons. The molecule has 0 saturated carbocycles. The number of esters is 1. The first-order valence-corrected chi connectivity index (χ1v) is 11.1. The minimum absolute atomic E-state index is 0.0315. The van der Waals surface area contributed by atoms with E-state index in [0.29, 0.717) is 24.2 Å². The van der Waals surface area contributed by atoms with Gasteiger partial charge in [0.2, 0.25) is 0 Å². The summed E-state index contributed by atoms with van der Waals surface area (Å²) in [5.74, 6) is -1.66. The summed E-state index contributed by atoms with van der Waals surface area (Å²) in [5, 5.41) is 8.06. The number of hydrogen-bond donors (Lipinski definition) is 3. The molecule has 0 atom stereocenters. The molecule has 0 saturated heterocycles. The van der Waals surface area contributed by atoms with Crippen LogP contribution in [0.25, 0.3) is 0 Å². The third kappa shape index (κ3) is 8.15. The first kappa shape index (κ1) is 25.2. The Morgan fingerprint density at radius 3 is 2.40 bits per heavy atom. The molecule has 0 aliphatic rings. The average molecular weight is 478 g/mol. The Kier molecular flexibility index (Phi) is 9.18. The van der Waals surface area contributed by atoms with Gasteiger partial charge in [-0.25, -0.2) is 0 Å². The van der Waals surface area contributed by atoms with Crippen LogP contribution in [-0.4, -0.2) is 36.8 Å². The molecule has 9 nitrogen and oxygen atoms in total. The summed E-state index contributed by atoms with van der Waals surface area (Å²) >= 11 is 0. The zero-order valence-corrected chi connectivity index (χ0v) is 19.3. The fourth-order valence-corrected chi connectivity index (χ4v) is 3.11. The van der Waals surface area contributed by atoms with E-state index in [1.54, 1.807) is 30.3 Å². The van der Waals surface area contributed by atoms with Gasteiger partial charge in [0.1, 0.15) is 0 Å². The molecule has 2 aromatic carbocycles. The number of ether oxygens (including phenoxy) is 1. The quantitative estimate of drug-likeness (QED) is 0.288. The monoisotopic (exact) mass is 477 g/mol. The first-order valence-electron chi connectivity index (χ1n) is 11.1. The van der Waals surface area contributed by atoms with Crippen molar-refractivity contribution in [2.24, 2.45) is 0 Å². The van der Waals surface area contributed by atoms with Crippen molar-refractivity contribution in [3.8, 4) is 0 Å². The molecule has 3 aromatic rings. The minimum Gasteiger partial charge on any atom is -0.459 e. The first-order chi connectivity index (χ1) is 16.9. The predicted octanol–water partition coefficient (Wildman–Crippen LogP) is 3.21. The maximum Gasteiger partial charge on any atom is 0.306 e. The van der Waals surface area contributed by atoms with E-state index in [2.05, 4.69) is 16.0 Å². The number of rotatable bonds is 11. The lowest BCUT2D eigenvalue weighted by Crippen LogP contribution is -2.27. The van der Waals surface area contributed by atoms with Gasteiger partial charge in [-0.15, -0.1) is 0 Å². The largest absolute Gasteiger partial charge is 0.459 e. The molecule has 3 N–H and O–H groups in total. The highest BCUT2D eigenvalue weighted by Crippen LogP contribution is 2.15. The molecule has 3 amide bonds. The van der Waals surface area contributed by atoms with E-state index in [0.717, 1.165) is 11.1 Å². The molecule has 0 fully saturated rings. The number of carbonyl (C=O) groups is 4. The predicted molar refractivity (Wildman–Crippen MR) is 129 cm³/mol. The summed E-state index contributed by atoms with van der Waals surface area (Å²) in [6.07, 6.45) is 1.77. The molecule has 9 heteroatoms. The van der Waals surface area contributed by atoms with Crippen LogP contribution in [0.2, 0.25) is 0 Å². The van der Waals surface area contributed by atoms with Crippen molar-refractivity contribution in [3.05, 3.63) is 89.4 Å². The molecule has 182 valence electrons. The van der Waals surface area contributed by atoms with Crippen LogP contribution >= 0.6 is 0 Å². The summed E-state index contributed by atoms with van der Waals surface area (Å²) in [6, 6.07) is 17.5. The zero-order valence-electron chi connectivity index (χ0n) is 19.3. The van der Waals surface area contributed by atoms with Gasteiger partial charge in [-0.3, -0.25) is 19.2 Å². The Bertz CT molecular complexity index is 1160. The van der Waals surface area contributed by atoms with E-state index in [1.165, 1.54) is 12.3 Å². The van der Waals surface area contributed by atoms with E-state index in [9.17, 15) is 19.2 Å². The van der Waals surface area contributed by atoms with Crippen LogP contribution < -0.4 is 16.0 Å². The van der Waals surface area contributed by atoms with E-state index in [-0.39, 0.29) is 30.5 Å². The Morgan fingerprint density at radius 1 is 0.886 bits per heavy atom. The molecular weight excluding hydrogens is 450 g/mol. The Hall–Kier alpha value is -4.40. The van der Waals surface area contributed by atoms with Crippen molar-refractivity contribution in [2.45, 2.75) is 26.3 Å². The van der Waals surface area contributed by atoms with Crippen molar-refractivity contribution in [2.75, 3.05) is 18.5 Å². The molecular formula is C26H27N3O6. The number of amides is 3. The standard InChI is InChI=1S/C26H27N3O6/c1-18-10-12-19(13-11-18)16-28-25(32)20-6-2-3-7-21(20)29-23(30)17-35-24(31)9-4-14-27-26(33)22-8-5-15-34-22/h2-3,5-8,10-13,15H,4,9,14,16-17H2,1H3,(H,27,33)(H,28,32)(H,29,30). The minimum atomic E-state index is -0.573. The smallest absolute Gasteiger partial charge is 0.306 e. The molecule has 1 heterocycles. The van der Waals surface area contributed by atoms with Crippen molar-refractivity contribution in [1.82, 2.24) is 10.6 Å². The average Bonchev–Trinajstić information content (AvgIpc) is 3.40. The Balaban J connectivity index is 1.40. The maximum atomic E-state index is 12.6. The van der Waals surface area contributed by atoms with Crippen LogP contribution in [0.5, 0.6) is 0 Å². The summed E-state index contributed by atoms with van der Waals surface area (Å²) in [6.45, 7) is 2.10. The van der Waals surface area contributed by atoms with Crippen molar-refractivity contribution in [1.29, 1.82) is 0 Å². The molecule has 0 unspecified atom stereocenters. The molecule has 0 aliphatic heterocycles. The second kappa shape index (κ2) is 12.7. The molecule has 1 aromatic heterocycles. The summed E-state index contributed by atoms with van der Waals surface area (Å²) in [7, 11) is 0. The van der Waals surface area contributed by atoms with Crippen molar-refractivity contribution in [3.63, 3.8) is 0 Å². The highest BCUT2D eigenvalue weighted by Gasteiger charge is 2.14. The second-order valence-corrected chi connectivity index (χ2v) is 7.76. The van der Waals surface area contributed by atoms with Crippen LogP contribution in [0.15, 0.2) is 71.3 Å². The van der Waals surface area contributed by atoms with Gasteiger partial charge in [0, 0.05) is 19.5 Å². The highest BCUT2D eigenvalue weighted by atomic mass is 16.5. The van der Waals surface area contributed by atoms with Gasteiger partial charge in [-0.05, 0) is 43.2 Å². The van der Waals surface area contributed by atoms with Crippen LogP contribution in [0.3, 0.4) is 0 Å². The van der Waals surface area contributed by atoms with E-state index >= 15 is 0 Å². The van der Waals surface area contributed by atoms with Gasteiger partial charge in [-0.2, -0.15) is 0 Å². The number of anilines is 1. The third-order valence-electron chi connectivity index (χ3n) is 4.97. The summed E-state index contributed by atoms with van der Waals surface area (Å²) < 4.78 is 9.96. The van der Waals surface area contributed by atoms with E-state index in [4.69, 9.17) is 9.15 Å². The van der Waals surface area contributed by atoms with Gasteiger partial charge in [0.05, 0.1) is 17.5 Å². The van der Waals surface area contributed by atoms with Gasteiger partial charge >= 0.3 is 5.97 Å². The van der Waals surface area contributed by atoms with Crippen LogP contribution in [0.4, 0.5) is 5.69 Å². The molecule has 0 bridgehead atoms. The zero-order chi connectivity index (χ0) is 25.0. The topological polar surface area (TPSA) is 127 Å². The normalized spacial score (nSPS) is 10.3. The Labute approximate surface area is 202 Å². The number of furan rings is 1. The van der Waals surface area contributed by atoms with Crippen LogP contribution in [0, 0.1) is 6.92 Å². The number of nitrogens with one attached hydrogen (secondary N) is 3. The molecule has 35 heavy (non-hydrogen) atoms. The molecule has 0 aliphatic carbocycles. The van der Waals surface area contributed by atoms with Crippen molar-refractivity contribution >= 4 is 29.4 Å². The highest BCUT2D eigenvalue weighted by molar-refractivity contribution is 6.04. The van der Waals surface area contributed by atoms with Gasteiger partial charge in [0.15, 0.2) is 12.4 Å². The molecule has 3 rings (SSSR count). The SMILES string of the molecule is Cc1ccc(CNC(=O)c2ccccc2NC(=O)COC(=O)CCCNC(=O)c2ccco2)cc1. The third-order valence-corrected chi connectivity index (χ3v) is 4.97. The fraction of sp³-hybridized carbons (Fsp3) is 0.231. The lowest BCUT2D eigenvalue weighted by Gasteiger charge is -2.12. The lowest BCUT2D eigenvalue weighted by molar-refractivity contribution is -0.147. The van der Waals surface area contributed by atoms with Crippen LogP contribution in [-0.2, 0) is 20.9 Å². The lowest BCUT2D eigenvalue weighted by atomic mass is 10.1. The Morgan fingerprint density at radius 2 is 1.66 bits per heavy atom.